The number of benzene rings is 1. The zero-order valence-corrected chi connectivity index (χ0v) is 10.1. The van der Waals surface area contributed by atoms with Crippen LogP contribution in [-0.4, -0.2) is 5.11 Å². The second-order valence-corrected chi connectivity index (χ2v) is 4.04. The smallest absolute Gasteiger partial charge is 0.346 e. The highest BCUT2D eigenvalue weighted by Crippen LogP contribution is 2.16. The van der Waals surface area contributed by atoms with Crippen molar-refractivity contribution in [2.45, 2.75) is 13.3 Å². The van der Waals surface area contributed by atoms with Crippen LogP contribution in [0.5, 0.6) is 5.75 Å². The minimum Gasteiger partial charge on any atom is -0.507 e. The first-order chi connectivity index (χ1) is 8.66. The molecule has 3 heteroatoms. The minimum atomic E-state index is -0.517. The molecule has 2 rings (SSSR count). The topological polar surface area (TPSA) is 50.4 Å². The lowest BCUT2D eigenvalue weighted by Crippen LogP contribution is -2.03. The third-order valence-corrected chi connectivity index (χ3v) is 2.57. The monoisotopic (exact) mass is 242 g/mol. The fourth-order valence-electron chi connectivity index (χ4n) is 1.69. The Morgan fingerprint density at radius 3 is 2.67 bits per heavy atom. The maximum absolute atomic E-state index is 11.5. The zero-order chi connectivity index (χ0) is 13.0. The molecule has 2 aromatic rings. The minimum absolute atomic E-state index is 0.0481. The van der Waals surface area contributed by atoms with Crippen LogP contribution >= 0.6 is 0 Å². The number of rotatable bonds is 3. The summed E-state index contributed by atoms with van der Waals surface area (Å²) < 4.78 is 4.93. The molecule has 1 heterocycles. The van der Waals surface area contributed by atoms with Crippen molar-refractivity contribution in [2.24, 2.45) is 0 Å². The van der Waals surface area contributed by atoms with Crippen molar-refractivity contribution in [3.8, 4) is 5.75 Å². The van der Waals surface area contributed by atoms with Gasteiger partial charge in [0.1, 0.15) is 17.1 Å². The van der Waals surface area contributed by atoms with Crippen molar-refractivity contribution >= 4 is 6.08 Å². The second-order valence-electron chi connectivity index (χ2n) is 4.04. The largest absolute Gasteiger partial charge is 0.507 e. The number of aromatic hydroxyl groups is 1. The number of allylic oxidation sites excluding steroid dienone is 1. The summed E-state index contributed by atoms with van der Waals surface area (Å²) in [5.41, 5.74) is 0.818. The van der Waals surface area contributed by atoms with Crippen molar-refractivity contribution in [3.63, 3.8) is 0 Å². The van der Waals surface area contributed by atoms with Crippen LogP contribution in [0.25, 0.3) is 6.08 Å². The fourth-order valence-corrected chi connectivity index (χ4v) is 1.69. The van der Waals surface area contributed by atoms with Gasteiger partial charge in [-0.15, -0.1) is 0 Å². The lowest BCUT2D eigenvalue weighted by atomic mass is 10.1. The molecular formula is C15H14O3. The van der Waals surface area contributed by atoms with Crippen molar-refractivity contribution in [2.75, 3.05) is 0 Å². The van der Waals surface area contributed by atoms with E-state index in [1.54, 1.807) is 13.0 Å². The maximum atomic E-state index is 11.5. The summed E-state index contributed by atoms with van der Waals surface area (Å²) in [4.78, 5) is 11.5. The Kier molecular flexibility index (Phi) is 3.63. The quantitative estimate of drug-likeness (QED) is 0.900. The Morgan fingerprint density at radius 1 is 1.28 bits per heavy atom. The van der Waals surface area contributed by atoms with E-state index in [0.717, 1.165) is 5.56 Å². The van der Waals surface area contributed by atoms with Crippen LogP contribution in [0.15, 0.2) is 51.7 Å². The Labute approximate surface area is 105 Å². The van der Waals surface area contributed by atoms with Crippen LogP contribution in [0.4, 0.5) is 0 Å². The number of aryl methyl sites for hydroxylation is 1. The first-order valence-corrected chi connectivity index (χ1v) is 5.71. The Balaban J connectivity index is 2.18. The molecule has 0 spiro atoms. The predicted molar refractivity (Wildman–Crippen MR) is 70.6 cm³/mol. The summed E-state index contributed by atoms with van der Waals surface area (Å²) in [6.07, 6.45) is 4.12. The van der Waals surface area contributed by atoms with E-state index in [0.29, 0.717) is 12.2 Å². The van der Waals surface area contributed by atoms with Gasteiger partial charge in [-0.3, -0.25) is 0 Å². The molecule has 1 aromatic carbocycles. The molecule has 92 valence electrons. The maximum Gasteiger partial charge on any atom is 0.346 e. The normalized spacial score (nSPS) is 10.9. The molecular weight excluding hydrogens is 228 g/mol. The summed E-state index contributed by atoms with van der Waals surface area (Å²) >= 11 is 0. The Hall–Kier alpha value is -2.29. The van der Waals surface area contributed by atoms with Crippen LogP contribution in [0, 0.1) is 6.92 Å². The van der Waals surface area contributed by atoms with Gasteiger partial charge in [-0.2, -0.15) is 0 Å². The third kappa shape index (κ3) is 2.88. The molecule has 18 heavy (non-hydrogen) atoms. The van der Waals surface area contributed by atoms with Gasteiger partial charge >= 0.3 is 5.63 Å². The first kappa shape index (κ1) is 12.2. The van der Waals surface area contributed by atoms with E-state index in [2.05, 4.69) is 0 Å². The summed E-state index contributed by atoms with van der Waals surface area (Å²) in [7, 11) is 0. The number of hydrogen-bond donors (Lipinski definition) is 1. The van der Waals surface area contributed by atoms with Crippen molar-refractivity contribution in [1.82, 2.24) is 0 Å². The molecule has 0 atom stereocenters. The molecule has 0 aliphatic heterocycles. The van der Waals surface area contributed by atoms with Gasteiger partial charge in [-0.05, 0) is 25.0 Å². The van der Waals surface area contributed by atoms with Crippen LogP contribution < -0.4 is 5.63 Å². The van der Waals surface area contributed by atoms with E-state index < -0.39 is 5.63 Å². The van der Waals surface area contributed by atoms with E-state index >= 15 is 0 Å². The van der Waals surface area contributed by atoms with E-state index in [1.807, 2.05) is 36.4 Å². The predicted octanol–water partition coefficient (Wildman–Crippen LogP) is 2.91. The Morgan fingerprint density at radius 2 is 2.00 bits per heavy atom. The molecule has 0 aliphatic rings. The standard InChI is InChI=1S/C15H14O3/c1-11-10-14(16)13(15(17)18-11)9-5-8-12-6-3-2-4-7-12/h2-7,9-10,16H,8H2,1H3. The molecule has 0 bridgehead atoms. The second kappa shape index (κ2) is 5.36. The van der Waals surface area contributed by atoms with Crippen LogP contribution in [0.2, 0.25) is 0 Å². The molecule has 0 radical (unpaired) electrons. The van der Waals surface area contributed by atoms with Crippen LogP contribution in [-0.2, 0) is 6.42 Å². The van der Waals surface area contributed by atoms with Crippen molar-refractivity contribution in [1.29, 1.82) is 0 Å². The van der Waals surface area contributed by atoms with Gasteiger partial charge in [0.25, 0.3) is 0 Å². The molecule has 0 saturated heterocycles. The summed E-state index contributed by atoms with van der Waals surface area (Å²) in [6.45, 7) is 1.62. The van der Waals surface area contributed by atoms with Crippen molar-refractivity contribution in [3.05, 3.63) is 69.8 Å². The highest BCUT2D eigenvalue weighted by atomic mass is 16.4. The van der Waals surface area contributed by atoms with Gasteiger partial charge in [0.05, 0.1) is 0 Å². The molecule has 0 aliphatic carbocycles. The lowest BCUT2D eigenvalue weighted by molar-refractivity contribution is 0.432. The van der Waals surface area contributed by atoms with E-state index in [-0.39, 0.29) is 11.3 Å². The van der Waals surface area contributed by atoms with Gasteiger partial charge in [0.2, 0.25) is 0 Å². The molecule has 3 nitrogen and oxygen atoms in total. The SMILES string of the molecule is Cc1cc(O)c(C=CCc2ccccc2)c(=O)o1. The molecule has 0 fully saturated rings. The van der Waals surface area contributed by atoms with E-state index in [9.17, 15) is 9.90 Å². The molecule has 0 unspecified atom stereocenters. The zero-order valence-electron chi connectivity index (χ0n) is 10.1. The average molecular weight is 242 g/mol. The summed E-state index contributed by atoms with van der Waals surface area (Å²) in [5, 5.41) is 9.66. The average Bonchev–Trinajstić information content (AvgIpc) is 2.34. The van der Waals surface area contributed by atoms with Gasteiger partial charge in [0.15, 0.2) is 0 Å². The highest BCUT2D eigenvalue weighted by Gasteiger charge is 2.05. The van der Waals surface area contributed by atoms with Gasteiger partial charge in [-0.25, -0.2) is 4.79 Å². The summed E-state index contributed by atoms with van der Waals surface area (Å²) in [5.74, 6) is 0.353. The summed E-state index contributed by atoms with van der Waals surface area (Å²) in [6, 6.07) is 11.3. The third-order valence-electron chi connectivity index (χ3n) is 2.57. The molecule has 0 saturated carbocycles. The molecule has 0 amide bonds. The van der Waals surface area contributed by atoms with Gasteiger partial charge < -0.3 is 9.52 Å². The molecule has 1 N–H and O–H groups in total. The highest BCUT2D eigenvalue weighted by molar-refractivity contribution is 5.55. The number of hydrogen-bond acceptors (Lipinski definition) is 3. The lowest BCUT2D eigenvalue weighted by Gasteiger charge is -1.99. The van der Waals surface area contributed by atoms with Gasteiger partial charge in [0, 0.05) is 6.07 Å². The molecule has 1 aromatic heterocycles. The van der Waals surface area contributed by atoms with E-state index in [4.69, 9.17) is 4.42 Å². The van der Waals surface area contributed by atoms with Crippen molar-refractivity contribution < 1.29 is 9.52 Å². The first-order valence-electron chi connectivity index (χ1n) is 5.71. The van der Waals surface area contributed by atoms with E-state index in [1.165, 1.54) is 6.07 Å². The van der Waals surface area contributed by atoms with Crippen LogP contribution in [0.1, 0.15) is 16.9 Å². The Bertz CT molecular complexity index is 609. The van der Waals surface area contributed by atoms with Gasteiger partial charge in [-0.1, -0.05) is 36.4 Å². The van der Waals surface area contributed by atoms with Crippen LogP contribution in [0.3, 0.4) is 0 Å². The fraction of sp³-hybridized carbons (Fsp3) is 0.133.